The molecule has 0 aliphatic heterocycles. The first-order valence-corrected chi connectivity index (χ1v) is 9.02. The lowest BCUT2D eigenvalue weighted by Gasteiger charge is -2.50. The molecular formula is C17H35OSi. The Kier molecular flexibility index (Phi) is 6.58. The lowest BCUT2D eigenvalue weighted by molar-refractivity contribution is 0.0443. The Morgan fingerprint density at radius 1 is 1.26 bits per heavy atom. The van der Waals surface area contributed by atoms with E-state index in [9.17, 15) is 0 Å². The van der Waals surface area contributed by atoms with E-state index in [2.05, 4.69) is 34.6 Å². The Morgan fingerprint density at radius 2 is 1.95 bits per heavy atom. The molecule has 0 aromatic carbocycles. The fourth-order valence-corrected chi connectivity index (χ4v) is 4.76. The van der Waals surface area contributed by atoms with Crippen LogP contribution in [-0.2, 0) is 4.43 Å². The fourth-order valence-electron chi connectivity index (χ4n) is 4.41. The van der Waals surface area contributed by atoms with E-state index >= 15 is 0 Å². The Bertz CT molecular complexity index is 260. The maximum Gasteiger partial charge on any atom is 0.145 e. The molecule has 1 radical (unpaired) electrons. The van der Waals surface area contributed by atoms with Crippen LogP contribution in [0.3, 0.4) is 0 Å². The molecule has 0 saturated heterocycles. The molecule has 1 fully saturated rings. The summed E-state index contributed by atoms with van der Waals surface area (Å²) in [6.07, 6.45) is 9.50. The van der Waals surface area contributed by atoms with Gasteiger partial charge in [0, 0.05) is 12.5 Å². The topological polar surface area (TPSA) is 9.23 Å². The second kappa shape index (κ2) is 7.26. The molecule has 1 aliphatic rings. The molecule has 1 aliphatic carbocycles. The summed E-state index contributed by atoms with van der Waals surface area (Å²) in [5.41, 5.74) is 0.787. The van der Waals surface area contributed by atoms with Gasteiger partial charge in [-0.2, -0.15) is 0 Å². The van der Waals surface area contributed by atoms with Crippen molar-refractivity contribution in [1.29, 1.82) is 0 Å². The van der Waals surface area contributed by atoms with Gasteiger partial charge in [-0.05, 0) is 36.0 Å². The third-order valence-electron chi connectivity index (χ3n) is 5.41. The van der Waals surface area contributed by atoms with E-state index in [0.29, 0.717) is 10.8 Å². The summed E-state index contributed by atoms with van der Waals surface area (Å²) in [5, 5.41) is 0. The molecule has 0 aromatic rings. The van der Waals surface area contributed by atoms with E-state index in [1.54, 1.807) is 5.92 Å². The van der Waals surface area contributed by atoms with Crippen LogP contribution in [0.4, 0.5) is 0 Å². The molecule has 1 saturated carbocycles. The minimum absolute atomic E-state index is 0.337. The zero-order valence-electron chi connectivity index (χ0n) is 14.1. The van der Waals surface area contributed by atoms with Gasteiger partial charge in [0.05, 0.1) is 0 Å². The first kappa shape index (κ1) is 17.2. The van der Waals surface area contributed by atoms with E-state index in [-0.39, 0.29) is 0 Å². The average molecular weight is 284 g/mol. The van der Waals surface area contributed by atoms with E-state index in [1.807, 2.05) is 0 Å². The van der Waals surface area contributed by atoms with Gasteiger partial charge in [0.15, 0.2) is 0 Å². The summed E-state index contributed by atoms with van der Waals surface area (Å²) in [6.45, 7) is 13.2. The predicted molar refractivity (Wildman–Crippen MR) is 88.2 cm³/mol. The smallest absolute Gasteiger partial charge is 0.145 e. The van der Waals surface area contributed by atoms with Gasteiger partial charge in [-0.15, -0.1) is 0 Å². The molecule has 1 rings (SSSR count). The molecule has 0 amide bonds. The van der Waals surface area contributed by atoms with Crippen LogP contribution < -0.4 is 0 Å². The molecule has 0 heterocycles. The Hall–Kier alpha value is 0.177. The molecule has 113 valence electrons. The van der Waals surface area contributed by atoms with Crippen LogP contribution in [0.15, 0.2) is 0 Å². The second-order valence-corrected chi connectivity index (χ2v) is 8.23. The van der Waals surface area contributed by atoms with Gasteiger partial charge in [-0.25, -0.2) is 0 Å². The van der Waals surface area contributed by atoms with Crippen LogP contribution in [0.5, 0.6) is 0 Å². The lowest BCUT2D eigenvalue weighted by atomic mass is 9.56. The van der Waals surface area contributed by atoms with Crippen molar-refractivity contribution in [2.24, 2.45) is 16.7 Å². The number of hydrogen-bond donors (Lipinski definition) is 0. The highest BCUT2D eigenvalue weighted by molar-refractivity contribution is 5.98. The van der Waals surface area contributed by atoms with E-state index < -0.39 is 0 Å². The highest BCUT2D eigenvalue weighted by Crippen LogP contribution is 2.52. The summed E-state index contributed by atoms with van der Waals surface area (Å²) in [6, 6.07) is 0. The molecular weight excluding hydrogens is 248 g/mol. The summed E-state index contributed by atoms with van der Waals surface area (Å²) >= 11 is 0. The minimum Gasteiger partial charge on any atom is -0.427 e. The third-order valence-corrected chi connectivity index (χ3v) is 5.70. The van der Waals surface area contributed by atoms with Crippen LogP contribution >= 0.6 is 0 Å². The normalized spacial score (nSPS) is 26.1. The monoisotopic (exact) mass is 283 g/mol. The van der Waals surface area contributed by atoms with Gasteiger partial charge in [0.25, 0.3) is 0 Å². The summed E-state index contributed by atoms with van der Waals surface area (Å²) in [7, 11) is 0.863. The van der Waals surface area contributed by atoms with Gasteiger partial charge < -0.3 is 4.43 Å². The Balaban J connectivity index is 2.95. The zero-order valence-corrected chi connectivity index (χ0v) is 16.1. The van der Waals surface area contributed by atoms with Crippen LogP contribution in [0.2, 0.25) is 0 Å². The van der Waals surface area contributed by atoms with Crippen molar-refractivity contribution in [3.63, 3.8) is 0 Å². The van der Waals surface area contributed by atoms with Crippen molar-refractivity contribution < 1.29 is 4.43 Å². The van der Waals surface area contributed by atoms with E-state index in [4.69, 9.17) is 4.43 Å². The van der Waals surface area contributed by atoms with Crippen molar-refractivity contribution in [1.82, 2.24) is 0 Å². The van der Waals surface area contributed by atoms with Crippen molar-refractivity contribution in [3.8, 4) is 0 Å². The maximum absolute atomic E-state index is 5.64. The van der Waals surface area contributed by atoms with Crippen molar-refractivity contribution in [2.75, 3.05) is 6.61 Å². The maximum atomic E-state index is 5.64. The standard InChI is InChI=1S/C17H35OSi/c1-6-12-16(2,3)15-11-9-7-8-10-14(13-18-19)17(15,4)5/h15H,6-13H2,1-5,19H3. The van der Waals surface area contributed by atoms with Crippen LogP contribution in [0, 0.1) is 22.7 Å². The van der Waals surface area contributed by atoms with Crippen molar-refractivity contribution >= 4 is 10.5 Å². The van der Waals surface area contributed by atoms with Gasteiger partial charge in [0.2, 0.25) is 0 Å². The first-order chi connectivity index (χ1) is 8.86. The van der Waals surface area contributed by atoms with Crippen LogP contribution in [0.1, 0.15) is 79.6 Å². The second-order valence-electron chi connectivity index (χ2n) is 7.65. The van der Waals surface area contributed by atoms with Gasteiger partial charge in [-0.1, -0.05) is 60.3 Å². The van der Waals surface area contributed by atoms with Gasteiger partial charge in [-0.3, -0.25) is 0 Å². The van der Waals surface area contributed by atoms with Gasteiger partial charge in [0.1, 0.15) is 10.5 Å². The Labute approximate surface area is 124 Å². The molecule has 0 N–H and O–H groups in total. The van der Waals surface area contributed by atoms with E-state index in [1.165, 1.54) is 44.9 Å². The lowest BCUT2D eigenvalue weighted by Crippen LogP contribution is -2.42. The fraction of sp³-hybridized carbons (Fsp3) is 0.941. The molecule has 0 spiro atoms. The summed E-state index contributed by atoms with van der Waals surface area (Å²) in [5.74, 6) is 2.48. The number of rotatable bonds is 5. The molecule has 1 unspecified atom stereocenters. The van der Waals surface area contributed by atoms with Crippen molar-refractivity contribution in [3.05, 3.63) is 5.92 Å². The highest BCUT2D eigenvalue weighted by atomic mass is 28.2. The third kappa shape index (κ3) is 4.32. The Morgan fingerprint density at radius 3 is 2.53 bits per heavy atom. The average Bonchev–Trinajstić information content (AvgIpc) is 2.29. The van der Waals surface area contributed by atoms with E-state index in [0.717, 1.165) is 23.0 Å². The SMILES string of the molecule is CCCC(C)(C)C1CCCCC[C](CO[SiH3])C1(C)C. The van der Waals surface area contributed by atoms with Crippen molar-refractivity contribution in [2.45, 2.75) is 79.6 Å². The minimum atomic E-state index is 0.337. The molecule has 0 aromatic heterocycles. The first-order valence-electron chi connectivity index (χ1n) is 8.20. The molecule has 1 nitrogen and oxygen atoms in total. The predicted octanol–water partition coefficient (Wildman–Crippen LogP) is 4.29. The van der Waals surface area contributed by atoms with Gasteiger partial charge >= 0.3 is 0 Å². The quantitative estimate of drug-likeness (QED) is 0.684. The number of hydrogen-bond acceptors (Lipinski definition) is 1. The summed E-state index contributed by atoms with van der Waals surface area (Å²) in [4.78, 5) is 0. The van der Waals surface area contributed by atoms with Crippen LogP contribution in [-0.4, -0.2) is 17.1 Å². The largest absolute Gasteiger partial charge is 0.427 e. The zero-order chi connectivity index (χ0) is 14.5. The van der Waals surface area contributed by atoms with Crippen LogP contribution in [0.25, 0.3) is 0 Å². The molecule has 1 atom stereocenters. The molecule has 2 heteroatoms. The summed E-state index contributed by atoms with van der Waals surface area (Å²) < 4.78 is 5.64. The molecule has 19 heavy (non-hydrogen) atoms. The molecule has 0 bridgehead atoms. The highest BCUT2D eigenvalue weighted by Gasteiger charge is 2.44.